The Morgan fingerprint density at radius 3 is 2.54 bits per heavy atom. The number of rotatable bonds is 3. The van der Waals surface area contributed by atoms with Gasteiger partial charge in [0.2, 0.25) is 4.80 Å². The van der Waals surface area contributed by atoms with Crippen molar-refractivity contribution in [3.63, 3.8) is 0 Å². The Bertz CT molecular complexity index is 1030. The number of urea groups is 1. The molecule has 26 heavy (non-hydrogen) atoms. The first-order valence-corrected chi connectivity index (χ1v) is 9.26. The molecule has 2 atom stereocenters. The number of halogens is 1. The smallest absolute Gasteiger partial charge is 0.299 e. The van der Waals surface area contributed by atoms with Crippen molar-refractivity contribution < 1.29 is 9.18 Å². The van der Waals surface area contributed by atoms with Crippen LogP contribution in [0.5, 0.6) is 0 Å². The number of amides is 2. The topological polar surface area (TPSA) is 69.9 Å². The lowest BCUT2D eigenvalue weighted by molar-refractivity contribution is 0.189. The van der Waals surface area contributed by atoms with Crippen LogP contribution in [-0.4, -0.2) is 45.9 Å². The number of nitrogens with zero attached hydrogens (tertiary/aromatic N) is 4. The van der Waals surface area contributed by atoms with E-state index in [-0.39, 0.29) is 29.7 Å². The fraction of sp³-hybridized carbons (Fsp3) is 0.353. The van der Waals surface area contributed by atoms with Crippen LogP contribution >= 0.6 is 11.3 Å². The largest absolute Gasteiger partial charge is 0.323 e. The molecule has 1 aromatic heterocycles. The summed E-state index contributed by atoms with van der Waals surface area (Å²) < 4.78 is 15.0. The fourth-order valence-corrected chi connectivity index (χ4v) is 4.25. The van der Waals surface area contributed by atoms with Crippen molar-refractivity contribution >= 4 is 23.4 Å². The van der Waals surface area contributed by atoms with Gasteiger partial charge < -0.3 is 0 Å². The molecule has 1 fully saturated rings. The Morgan fingerprint density at radius 1 is 1.19 bits per heavy atom. The van der Waals surface area contributed by atoms with Gasteiger partial charge in [0.25, 0.3) is 5.56 Å². The zero-order chi connectivity index (χ0) is 18.4. The molecule has 2 amide bonds. The molecule has 2 aliphatic rings. The number of carbonyl (C=O) groups excluding carboxylic acids is 1. The Hall–Kier alpha value is -2.68. The lowest BCUT2D eigenvalue weighted by Crippen LogP contribution is -2.55. The molecule has 0 saturated carbocycles. The van der Waals surface area contributed by atoms with Crippen LogP contribution in [0.2, 0.25) is 0 Å². The number of thiazole rings is 1. The number of carbonyl (C=O) groups is 1. The summed E-state index contributed by atoms with van der Waals surface area (Å²) in [6, 6.07) is 5.87. The minimum atomic E-state index is -0.370. The number of hydrogen-bond donors (Lipinski definition) is 1. The number of fused-ring (bicyclic) bond motifs is 2. The zero-order valence-electron chi connectivity index (χ0n) is 14.3. The van der Waals surface area contributed by atoms with E-state index in [9.17, 15) is 14.0 Å². The van der Waals surface area contributed by atoms with Crippen LogP contribution in [0.1, 0.15) is 19.4 Å². The SMILES string of the molecule is CCN1C(=O)N(CC)C2Nn3c(s/c(=C\c4ccc(F)cc4)c3=O)=NC21. The molecule has 1 N–H and O–H groups in total. The van der Waals surface area contributed by atoms with E-state index in [1.165, 1.54) is 28.1 Å². The predicted molar refractivity (Wildman–Crippen MR) is 96.4 cm³/mol. The predicted octanol–water partition coefficient (Wildman–Crippen LogP) is 0.484. The van der Waals surface area contributed by atoms with Gasteiger partial charge in [0.15, 0.2) is 12.3 Å². The van der Waals surface area contributed by atoms with Crippen molar-refractivity contribution in [1.29, 1.82) is 0 Å². The first kappa shape index (κ1) is 16.8. The number of likely N-dealkylation sites (N-methyl/N-ethyl adjacent to an activating group) is 2. The molecule has 1 aromatic carbocycles. The highest BCUT2D eigenvalue weighted by atomic mass is 32.1. The maximum absolute atomic E-state index is 13.1. The molecule has 9 heteroatoms. The molecule has 0 radical (unpaired) electrons. The highest BCUT2D eigenvalue weighted by molar-refractivity contribution is 7.07. The fourth-order valence-electron chi connectivity index (χ4n) is 3.29. The molecule has 7 nitrogen and oxygen atoms in total. The molecule has 2 aromatic rings. The summed E-state index contributed by atoms with van der Waals surface area (Å²) in [6.45, 7) is 4.89. The van der Waals surface area contributed by atoms with E-state index in [0.717, 1.165) is 5.56 Å². The van der Waals surface area contributed by atoms with Crippen molar-refractivity contribution in [1.82, 2.24) is 14.5 Å². The van der Waals surface area contributed by atoms with E-state index in [1.807, 2.05) is 13.8 Å². The van der Waals surface area contributed by atoms with Crippen LogP contribution in [0, 0.1) is 5.82 Å². The summed E-state index contributed by atoms with van der Waals surface area (Å²) in [4.78, 5) is 33.7. The Kier molecular flexibility index (Phi) is 4.03. The summed E-state index contributed by atoms with van der Waals surface area (Å²) in [7, 11) is 0. The van der Waals surface area contributed by atoms with Crippen LogP contribution in [-0.2, 0) is 0 Å². The highest BCUT2D eigenvalue weighted by Crippen LogP contribution is 2.23. The summed E-state index contributed by atoms with van der Waals surface area (Å²) in [6.07, 6.45) is 0.987. The standard InChI is InChI=1S/C17H18FN5O2S/c1-3-21-13-14(22(4-2)17(21)25)20-23-15(24)12(26-16(23)19-13)9-10-5-7-11(18)8-6-10/h5-9,13-14,20H,3-4H2,1-2H3/b12-9-. The van der Waals surface area contributed by atoms with E-state index in [2.05, 4.69) is 10.4 Å². The molecule has 0 spiro atoms. The normalized spacial score (nSPS) is 22.1. The molecule has 1 saturated heterocycles. The monoisotopic (exact) mass is 375 g/mol. The maximum Gasteiger partial charge on any atom is 0.323 e. The lowest BCUT2D eigenvalue weighted by atomic mass is 10.2. The summed E-state index contributed by atoms with van der Waals surface area (Å²) in [5.74, 6) is -0.321. The van der Waals surface area contributed by atoms with Gasteiger partial charge in [-0.15, -0.1) is 0 Å². The van der Waals surface area contributed by atoms with E-state index >= 15 is 0 Å². The van der Waals surface area contributed by atoms with Crippen LogP contribution in [0.15, 0.2) is 34.1 Å². The quantitative estimate of drug-likeness (QED) is 0.849. The van der Waals surface area contributed by atoms with Gasteiger partial charge in [0.1, 0.15) is 5.82 Å². The average molecular weight is 375 g/mol. The molecule has 4 rings (SSSR count). The first-order valence-electron chi connectivity index (χ1n) is 8.44. The third-order valence-electron chi connectivity index (χ3n) is 4.59. The minimum Gasteiger partial charge on any atom is -0.299 e. The molecule has 0 aliphatic carbocycles. The lowest BCUT2D eigenvalue weighted by Gasteiger charge is -2.28. The minimum absolute atomic E-state index is 0.0810. The van der Waals surface area contributed by atoms with E-state index in [0.29, 0.717) is 22.4 Å². The Morgan fingerprint density at radius 2 is 1.88 bits per heavy atom. The maximum atomic E-state index is 13.1. The van der Waals surface area contributed by atoms with Crippen LogP contribution in [0.3, 0.4) is 0 Å². The van der Waals surface area contributed by atoms with Crippen LogP contribution < -0.4 is 20.3 Å². The number of hydrogen-bond acceptors (Lipinski definition) is 5. The van der Waals surface area contributed by atoms with E-state index < -0.39 is 0 Å². The molecular weight excluding hydrogens is 357 g/mol. The zero-order valence-corrected chi connectivity index (χ0v) is 15.2. The van der Waals surface area contributed by atoms with Crippen LogP contribution in [0.25, 0.3) is 6.08 Å². The number of nitrogens with one attached hydrogen (secondary N) is 1. The van der Waals surface area contributed by atoms with Gasteiger partial charge >= 0.3 is 6.03 Å². The van der Waals surface area contributed by atoms with E-state index in [1.54, 1.807) is 28.0 Å². The van der Waals surface area contributed by atoms with Crippen molar-refractivity contribution in [2.75, 3.05) is 18.5 Å². The van der Waals surface area contributed by atoms with Crippen molar-refractivity contribution in [3.05, 3.63) is 55.3 Å². The van der Waals surface area contributed by atoms with Gasteiger partial charge in [-0.2, -0.15) is 4.68 Å². The second-order valence-corrected chi connectivity index (χ2v) is 7.07. The van der Waals surface area contributed by atoms with Crippen molar-refractivity contribution in [3.8, 4) is 0 Å². The molecule has 2 unspecified atom stereocenters. The summed E-state index contributed by atoms with van der Waals surface area (Å²) >= 11 is 1.25. The van der Waals surface area contributed by atoms with Crippen molar-refractivity contribution in [2.24, 2.45) is 4.99 Å². The van der Waals surface area contributed by atoms with E-state index in [4.69, 9.17) is 0 Å². The van der Waals surface area contributed by atoms with Gasteiger partial charge in [-0.3, -0.25) is 20.0 Å². The highest BCUT2D eigenvalue weighted by Gasteiger charge is 2.46. The third kappa shape index (κ3) is 2.50. The second-order valence-electron chi connectivity index (χ2n) is 6.06. The van der Waals surface area contributed by atoms with Gasteiger partial charge in [-0.25, -0.2) is 14.2 Å². The summed E-state index contributed by atoms with van der Waals surface area (Å²) in [5, 5.41) is 0. The van der Waals surface area contributed by atoms with Gasteiger partial charge in [0, 0.05) is 13.1 Å². The molecule has 2 aliphatic heterocycles. The Balaban J connectivity index is 1.80. The molecule has 136 valence electrons. The third-order valence-corrected chi connectivity index (χ3v) is 5.57. The van der Waals surface area contributed by atoms with Gasteiger partial charge in [0.05, 0.1) is 4.53 Å². The first-order chi connectivity index (χ1) is 12.5. The van der Waals surface area contributed by atoms with Crippen LogP contribution in [0.4, 0.5) is 9.18 Å². The molecule has 0 bridgehead atoms. The van der Waals surface area contributed by atoms with Gasteiger partial charge in [-0.1, -0.05) is 23.5 Å². The summed E-state index contributed by atoms with van der Waals surface area (Å²) in [5.41, 5.74) is 3.65. The number of benzene rings is 1. The molecule has 3 heterocycles. The Labute approximate surface area is 152 Å². The van der Waals surface area contributed by atoms with Crippen molar-refractivity contribution in [2.45, 2.75) is 26.2 Å². The van der Waals surface area contributed by atoms with Gasteiger partial charge in [-0.05, 0) is 37.6 Å². The average Bonchev–Trinajstić information content (AvgIpc) is 3.08. The number of aromatic nitrogens is 1. The molecular formula is C17H18FN5O2S. The second kappa shape index (κ2) is 6.24.